The van der Waals surface area contributed by atoms with Gasteiger partial charge in [-0.3, -0.25) is 4.79 Å². The Hall–Kier alpha value is -1.39. The maximum Gasteiger partial charge on any atom is 0.251 e. The van der Waals surface area contributed by atoms with E-state index in [1.165, 1.54) is 5.56 Å². The quantitative estimate of drug-likeness (QED) is 0.930. The van der Waals surface area contributed by atoms with E-state index in [4.69, 9.17) is 10.5 Å². The molecule has 2 aliphatic rings. The molecule has 0 saturated carbocycles. The average Bonchev–Trinajstić information content (AvgIpc) is 3.04. The smallest absolute Gasteiger partial charge is 0.251 e. The van der Waals surface area contributed by atoms with Gasteiger partial charge in [-0.1, -0.05) is 37.3 Å². The lowest BCUT2D eigenvalue weighted by Crippen LogP contribution is -2.50. The minimum absolute atomic E-state index is 0.0427. The van der Waals surface area contributed by atoms with Gasteiger partial charge in [-0.25, -0.2) is 0 Å². The molecule has 0 aromatic heterocycles. The van der Waals surface area contributed by atoms with Crippen LogP contribution in [-0.4, -0.2) is 42.6 Å². The van der Waals surface area contributed by atoms with Crippen molar-refractivity contribution in [1.82, 2.24) is 4.90 Å². The van der Waals surface area contributed by atoms with Crippen molar-refractivity contribution in [3.63, 3.8) is 0 Å². The molecule has 2 heterocycles. The number of hydrogen-bond acceptors (Lipinski definition) is 3. The Morgan fingerprint density at radius 2 is 2.14 bits per heavy atom. The van der Waals surface area contributed by atoms with Gasteiger partial charge in [-0.2, -0.15) is 0 Å². The Bertz CT molecular complexity index is 519. The first-order valence-corrected chi connectivity index (χ1v) is 8.32. The van der Waals surface area contributed by atoms with Crippen molar-refractivity contribution in [3.05, 3.63) is 35.9 Å². The molecule has 3 rings (SSSR count). The molecule has 0 aliphatic carbocycles. The summed E-state index contributed by atoms with van der Waals surface area (Å²) in [6, 6.07) is 10.5. The summed E-state index contributed by atoms with van der Waals surface area (Å²) < 4.78 is 5.78. The van der Waals surface area contributed by atoms with Crippen LogP contribution >= 0.6 is 0 Å². The standard InChI is InChI=1S/C18H26N2O2/c1-18(14-6-3-2-4-7-14)10-5-11-20(13-18)17(21)16-9-8-15(12-19)22-16/h2-4,6-7,15-16H,5,8-13,19H2,1H3/t15-,16+,18?/m1/s1. The minimum atomic E-state index is -0.285. The number of amides is 1. The lowest BCUT2D eigenvalue weighted by Gasteiger charge is -2.41. The Morgan fingerprint density at radius 1 is 1.36 bits per heavy atom. The van der Waals surface area contributed by atoms with Crippen molar-refractivity contribution < 1.29 is 9.53 Å². The molecule has 0 bridgehead atoms. The third-order valence-electron chi connectivity index (χ3n) is 5.12. The summed E-state index contributed by atoms with van der Waals surface area (Å²) in [7, 11) is 0. The fraction of sp³-hybridized carbons (Fsp3) is 0.611. The maximum atomic E-state index is 12.7. The molecule has 1 amide bonds. The van der Waals surface area contributed by atoms with Crippen LogP contribution in [0.15, 0.2) is 30.3 Å². The highest BCUT2D eigenvalue weighted by atomic mass is 16.5. The Kier molecular flexibility index (Phi) is 4.50. The fourth-order valence-corrected chi connectivity index (χ4v) is 3.77. The van der Waals surface area contributed by atoms with E-state index in [1.54, 1.807) is 0 Å². The van der Waals surface area contributed by atoms with Gasteiger partial charge in [0.1, 0.15) is 6.10 Å². The lowest BCUT2D eigenvalue weighted by atomic mass is 9.76. The van der Waals surface area contributed by atoms with E-state index < -0.39 is 0 Å². The van der Waals surface area contributed by atoms with Crippen LogP contribution in [0.2, 0.25) is 0 Å². The van der Waals surface area contributed by atoms with E-state index in [9.17, 15) is 4.79 Å². The van der Waals surface area contributed by atoms with Gasteiger partial charge >= 0.3 is 0 Å². The second-order valence-corrected chi connectivity index (χ2v) is 6.85. The number of nitrogens with two attached hydrogens (primary N) is 1. The summed E-state index contributed by atoms with van der Waals surface area (Å²) >= 11 is 0. The summed E-state index contributed by atoms with van der Waals surface area (Å²) in [5, 5.41) is 0. The largest absolute Gasteiger partial charge is 0.364 e. The molecule has 2 fully saturated rings. The van der Waals surface area contributed by atoms with Gasteiger partial charge in [0.15, 0.2) is 0 Å². The van der Waals surface area contributed by atoms with E-state index >= 15 is 0 Å². The number of hydrogen-bond donors (Lipinski definition) is 1. The molecule has 1 aromatic rings. The fourth-order valence-electron chi connectivity index (χ4n) is 3.77. The van der Waals surface area contributed by atoms with Crippen molar-refractivity contribution >= 4 is 5.91 Å². The highest BCUT2D eigenvalue weighted by Crippen LogP contribution is 2.34. The minimum Gasteiger partial charge on any atom is -0.364 e. The third-order valence-corrected chi connectivity index (χ3v) is 5.12. The summed E-state index contributed by atoms with van der Waals surface area (Å²) in [4.78, 5) is 14.7. The van der Waals surface area contributed by atoms with Crippen LogP contribution in [0.25, 0.3) is 0 Å². The van der Waals surface area contributed by atoms with Crippen molar-refractivity contribution in [2.75, 3.05) is 19.6 Å². The van der Waals surface area contributed by atoms with E-state index in [-0.39, 0.29) is 23.5 Å². The number of likely N-dealkylation sites (tertiary alicyclic amines) is 1. The molecule has 0 radical (unpaired) electrons. The van der Waals surface area contributed by atoms with Gasteiger partial charge in [0.05, 0.1) is 6.10 Å². The van der Waals surface area contributed by atoms with Crippen molar-refractivity contribution in [2.45, 2.75) is 50.2 Å². The van der Waals surface area contributed by atoms with Crippen LogP contribution in [0.3, 0.4) is 0 Å². The van der Waals surface area contributed by atoms with Crippen LogP contribution < -0.4 is 5.73 Å². The van der Waals surface area contributed by atoms with E-state index in [2.05, 4.69) is 31.2 Å². The molecular weight excluding hydrogens is 276 g/mol. The van der Waals surface area contributed by atoms with Gasteiger partial charge in [-0.05, 0) is 31.2 Å². The number of carbonyl (C=O) groups is 1. The van der Waals surface area contributed by atoms with Crippen molar-refractivity contribution in [2.24, 2.45) is 5.73 Å². The molecule has 22 heavy (non-hydrogen) atoms. The summed E-state index contributed by atoms with van der Waals surface area (Å²) in [5.74, 6) is 0.151. The Morgan fingerprint density at radius 3 is 2.82 bits per heavy atom. The number of carbonyl (C=O) groups excluding carboxylic acids is 1. The second kappa shape index (κ2) is 6.39. The molecule has 0 spiro atoms. The Balaban J connectivity index is 1.69. The highest BCUT2D eigenvalue weighted by molar-refractivity contribution is 5.81. The third kappa shape index (κ3) is 3.03. The first kappa shape index (κ1) is 15.5. The molecule has 4 heteroatoms. The van der Waals surface area contributed by atoms with Crippen molar-refractivity contribution in [3.8, 4) is 0 Å². The Labute approximate surface area is 132 Å². The van der Waals surface area contributed by atoms with Crippen LogP contribution in [0.4, 0.5) is 0 Å². The number of nitrogens with zero attached hydrogens (tertiary/aromatic N) is 1. The van der Waals surface area contributed by atoms with Crippen LogP contribution in [0.1, 0.15) is 38.2 Å². The van der Waals surface area contributed by atoms with Crippen molar-refractivity contribution in [1.29, 1.82) is 0 Å². The number of benzene rings is 1. The first-order valence-electron chi connectivity index (χ1n) is 8.32. The van der Waals surface area contributed by atoms with Crippen LogP contribution in [0, 0.1) is 0 Å². The molecule has 120 valence electrons. The lowest BCUT2D eigenvalue weighted by molar-refractivity contribution is -0.144. The maximum absolute atomic E-state index is 12.7. The first-order chi connectivity index (χ1) is 10.6. The molecular formula is C18H26N2O2. The van der Waals surface area contributed by atoms with E-state index in [0.717, 1.165) is 38.8 Å². The summed E-state index contributed by atoms with van der Waals surface area (Å²) in [5.41, 5.74) is 7.01. The molecule has 2 aliphatic heterocycles. The van der Waals surface area contributed by atoms with Gasteiger partial charge in [0, 0.05) is 25.0 Å². The monoisotopic (exact) mass is 302 g/mol. The predicted molar refractivity (Wildman–Crippen MR) is 86.6 cm³/mol. The summed E-state index contributed by atoms with van der Waals surface area (Å²) in [6.45, 7) is 4.39. The zero-order valence-corrected chi connectivity index (χ0v) is 13.3. The molecule has 2 N–H and O–H groups in total. The highest BCUT2D eigenvalue weighted by Gasteiger charge is 2.38. The SMILES string of the molecule is CC1(c2ccccc2)CCCN(C(=O)[C@@H]2CC[C@H](CN)O2)C1. The molecule has 2 saturated heterocycles. The van der Waals surface area contributed by atoms with Crippen LogP contribution in [-0.2, 0) is 14.9 Å². The topological polar surface area (TPSA) is 55.6 Å². The number of piperidine rings is 1. The van der Waals surface area contributed by atoms with Gasteiger partial charge in [-0.15, -0.1) is 0 Å². The number of ether oxygens (including phenoxy) is 1. The van der Waals surface area contributed by atoms with Gasteiger partial charge < -0.3 is 15.4 Å². The van der Waals surface area contributed by atoms with E-state index in [1.807, 2.05) is 11.0 Å². The zero-order chi connectivity index (χ0) is 15.6. The normalized spacial score (nSPS) is 32.2. The summed E-state index contributed by atoms with van der Waals surface area (Å²) in [6.07, 6.45) is 3.64. The van der Waals surface area contributed by atoms with Gasteiger partial charge in [0.2, 0.25) is 0 Å². The second-order valence-electron chi connectivity index (χ2n) is 6.85. The molecule has 1 aromatic carbocycles. The molecule has 3 atom stereocenters. The number of rotatable bonds is 3. The zero-order valence-electron chi connectivity index (χ0n) is 13.3. The van der Waals surface area contributed by atoms with Gasteiger partial charge in [0.25, 0.3) is 5.91 Å². The predicted octanol–water partition coefficient (Wildman–Crippen LogP) is 2.07. The van der Waals surface area contributed by atoms with E-state index in [0.29, 0.717) is 6.54 Å². The molecule has 1 unspecified atom stereocenters. The molecule has 4 nitrogen and oxygen atoms in total. The average molecular weight is 302 g/mol. The van der Waals surface area contributed by atoms with Crippen LogP contribution in [0.5, 0.6) is 0 Å².